The average molecular weight is 718 g/mol. The van der Waals surface area contributed by atoms with E-state index in [4.69, 9.17) is 4.74 Å². The van der Waals surface area contributed by atoms with Crippen LogP contribution in [0, 0.1) is 0 Å². The van der Waals surface area contributed by atoms with Crippen LogP contribution in [0.1, 0.15) is 42.9 Å². The van der Waals surface area contributed by atoms with Crippen molar-refractivity contribution in [3.8, 4) is 0 Å². The molecule has 15 nitrogen and oxygen atoms in total. The van der Waals surface area contributed by atoms with Crippen LogP contribution < -0.4 is 26.6 Å². The first-order valence-electron chi connectivity index (χ1n) is 16.6. The third kappa shape index (κ3) is 14.3. The molecule has 0 aliphatic carbocycles. The molecule has 0 spiro atoms. The summed E-state index contributed by atoms with van der Waals surface area (Å²) in [6.45, 7) is 1.94. The summed E-state index contributed by atoms with van der Waals surface area (Å²) in [6, 6.07) is 20.0. The molecule has 0 fully saturated rings. The van der Waals surface area contributed by atoms with Crippen LogP contribution in [0.4, 0.5) is 4.79 Å². The molecule has 15 heteroatoms. The number of benzene rings is 3. The van der Waals surface area contributed by atoms with Crippen molar-refractivity contribution in [2.24, 2.45) is 0 Å². The molecular weight excluding hydrogens is 674 g/mol. The molecule has 0 aliphatic heterocycles. The van der Waals surface area contributed by atoms with Gasteiger partial charge >= 0.3 is 18.0 Å². The lowest BCUT2D eigenvalue weighted by Crippen LogP contribution is -2.59. The maximum Gasteiger partial charge on any atom is 0.408 e. The number of carboxylic acid groups (broad SMARTS) is 2. The molecule has 0 aromatic heterocycles. The van der Waals surface area contributed by atoms with Crippen molar-refractivity contribution < 1.29 is 48.5 Å². The van der Waals surface area contributed by atoms with Gasteiger partial charge in [0.15, 0.2) is 0 Å². The number of carboxylic acids is 2. The molecule has 3 rings (SSSR count). The van der Waals surface area contributed by atoms with E-state index in [9.17, 15) is 43.8 Å². The molecule has 3 aromatic rings. The third-order valence-electron chi connectivity index (χ3n) is 7.59. The van der Waals surface area contributed by atoms with Crippen LogP contribution in [0.15, 0.2) is 91.0 Å². The largest absolute Gasteiger partial charge is 0.481 e. The van der Waals surface area contributed by atoms with E-state index in [2.05, 4.69) is 26.6 Å². The second-order valence-corrected chi connectivity index (χ2v) is 11.8. The van der Waals surface area contributed by atoms with E-state index >= 15 is 0 Å². The van der Waals surface area contributed by atoms with E-state index in [0.717, 1.165) is 0 Å². The Morgan fingerprint density at radius 3 is 1.37 bits per heavy atom. The first kappa shape index (κ1) is 40.2. The van der Waals surface area contributed by atoms with E-state index < -0.39 is 78.7 Å². The average Bonchev–Trinajstić information content (AvgIpc) is 3.12. The van der Waals surface area contributed by atoms with Gasteiger partial charge in [0.05, 0.1) is 12.8 Å². The number of nitrogens with one attached hydrogen (secondary N) is 5. The van der Waals surface area contributed by atoms with Gasteiger partial charge in [-0.05, 0) is 23.1 Å². The molecule has 276 valence electrons. The standard InChI is InChI=1S/C37H43N5O10/c1-2-18-38-33(47)29(21-31(43)44)40-34(48)27(19-24-12-6-3-7-13-24)39-36(50)30(22-32(45)46)41-35(49)28(20-25-14-8-4-9-15-25)42-37(51)52-23-26-16-10-5-11-17-26/h3-17,27-30H,2,18-23H2,1H3,(H,38,47)(H,39,50)(H,40,48)(H,41,49)(H,42,51)(H,43,44)(H,45,46)/t27-,28-,29-,30-/m0/s1. The number of aliphatic carboxylic acids is 2. The predicted molar refractivity (Wildman–Crippen MR) is 187 cm³/mol. The molecule has 5 amide bonds. The molecule has 0 saturated carbocycles. The molecule has 7 N–H and O–H groups in total. The highest BCUT2D eigenvalue weighted by molar-refractivity contribution is 5.97. The Hall–Kier alpha value is -6.25. The summed E-state index contributed by atoms with van der Waals surface area (Å²) in [5, 5.41) is 31.3. The van der Waals surface area contributed by atoms with E-state index in [-0.39, 0.29) is 26.0 Å². The predicted octanol–water partition coefficient (Wildman–Crippen LogP) is 1.70. The van der Waals surface area contributed by atoms with Crippen LogP contribution in [-0.2, 0) is 53.0 Å². The van der Waals surface area contributed by atoms with Crippen LogP contribution in [0.3, 0.4) is 0 Å². The van der Waals surface area contributed by atoms with Gasteiger partial charge < -0.3 is 41.5 Å². The van der Waals surface area contributed by atoms with Gasteiger partial charge in [0.25, 0.3) is 0 Å². The van der Waals surface area contributed by atoms with Crippen molar-refractivity contribution in [2.45, 2.75) is 69.8 Å². The minimum Gasteiger partial charge on any atom is -0.481 e. The number of hydrogen-bond acceptors (Lipinski definition) is 8. The molecule has 3 aromatic carbocycles. The van der Waals surface area contributed by atoms with Gasteiger partial charge in [-0.25, -0.2) is 4.79 Å². The van der Waals surface area contributed by atoms with Crippen molar-refractivity contribution in [1.29, 1.82) is 0 Å². The van der Waals surface area contributed by atoms with E-state index in [0.29, 0.717) is 23.1 Å². The summed E-state index contributed by atoms with van der Waals surface area (Å²) in [5.74, 6) is -6.42. The molecular formula is C37H43N5O10. The molecule has 0 radical (unpaired) electrons. The summed E-state index contributed by atoms with van der Waals surface area (Å²) in [7, 11) is 0. The fraction of sp³-hybridized carbons (Fsp3) is 0.324. The molecule has 0 heterocycles. The summed E-state index contributed by atoms with van der Waals surface area (Å²) >= 11 is 0. The Kier molecular flexibility index (Phi) is 16.3. The van der Waals surface area contributed by atoms with Crippen molar-refractivity contribution in [3.63, 3.8) is 0 Å². The molecule has 0 aliphatic rings. The highest BCUT2D eigenvalue weighted by atomic mass is 16.5. The molecule has 4 atom stereocenters. The van der Waals surface area contributed by atoms with Gasteiger partial charge in [0, 0.05) is 19.4 Å². The smallest absolute Gasteiger partial charge is 0.408 e. The molecule has 0 bridgehead atoms. The second-order valence-electron chi connectivity index (χ2n) is 11.8. The minimum atomic E-state index is -1.72. The second kappa shape index (κ2) is 21.1. The monoisotopic (exact) mass is 717 g/mol. The highest BCUT2D eigenvalue weighted by Gasteiger charge is 2.33. The van der Waals surface area contributed by atoms with Crippen LogP contribution >= 0.6 is 0 Å². The zero-order valence-electron chi connectivity index (χ0n) is 28.6. The first-order valence-corrected chi connectivity index (χ1v) is 16.6. The molecule has 52 heavy (non-hydrogen) atoms. The Morgan fingerprint density at radius 2 is 0.923 bits per heavy atom. The van der Waals surface area contributed by atoms with Gasteiger partial charge in [-0.2, -0.15) is 0 Å². The number of alkyl carbamates (subject to hydrolysis) is 1. The highest BCUT2D eigenvalue weighted by Crippen LogP contribution is 2.09. The lowest BCUT2D eigenvalue weighted by Gasteiger charge is -2.26. The number of amides is 5. The van der Waals surface area contributed by atoms with Crippen LogP contribution in [-0.4, -0.2) is 82.6 Å². The SMILES string of the molecule is CCCNC(=O)[C@H](CC(=O)O)NC(=O)[C@H](Cc1ccccc1)NC(=O)[C@H](CC(=O)O)NC(=O)[C@H](Cc1ccccc1)NC(=O)OCc1ccccc1. The number of carbonyl (C=O) groups excluding carboxylic acids is 5. The summed E-state index contributed by atoms with van der Waals surface area (Å²) in [4.78, 5) is 89.7. The fourth-order valence-electron chi connectivity index (χ4n) is 4.98. The Labute approximate surface area is 300 Å². The maximum atomic E-state index is 13.7. The Bertz CT molecular complexity index is 1660. The quantitative estimate of drug-likeness (QED) is 0.0895. The van der Waals surface area contributed by atoms with Crippen molar-refractivity contribution >= 4 is 41.7 Å². The van der Waals surface area contributed by atoms with Gasteiger partial charge in [-0.15, -0.1) is 0 Å². The number of ether oxygens (including phenoxy) is 1. The Balaban J connectivity index is 1.83. The van der Waals surface area contributed by atoms with E-state index in [1.54, 1.807) is 97.9 Å². The van der Waals surface area contributed by atoms with Crippen LogP contribution in [0.25, 0.3) is 0 Å². The number of carbonyl (C=O) groups is 7. The van der Waals surface area contributed by atoms with Crippen LogP contribution in [0.2, 0.25) is 0 Å². The topological polar surface area (TPSA) is 229 Å². The van der Waals surface area contributed by atoms with Gasteiger partial charge in [-0.3, -0.25) is 28.8 Å². The van der Waals surface area contributed by atoms with Crippen molar-refractivity contribution in [2.75, 3.05) is 6.54 Å². The summed E-state index contributed by atoms with van der Waals surface area (Å²) < 4.78 is 5.28. The normalized spacial score (nSPS) is 12.9. The lowest BCUT2D eigenvalue weighted by molar-refractivity contribution is -0.141. The first-order chi connectivity index (χ1) is 24.9. The van der Waals surface area contributed by atoms with E-state index in [1.165, 1.54) is 0 Å². The lowest BCUT2D eigenvalue weighted by atomic mass is 10.0. The fourth-order valence-corrected chi connectivity index (χ4v) is 4.98. The van der Waals surface area contributed by atoms with Crippen molar-refractivity contribution in [3.05, 3.63) is 108 Å². The molecule has 0 saturated heterocycles. The molecule has 0 unspecified atom stereocenters. The summed E-state index contributed by atoms with van der Waals surface area (Å²) in [6.07, 6.45) is -2.19. The van der Waals surface area contributed by atoms with Gasteiger partial charge in [-0.1, -0.05) is 97.9 Å². The third-order valence-corrected chi connectivity index (χ3v) is 7.59. The van der Waals surface area contributed by atoms with Gasteiger partial charge in [0.2, 0.25) is 23.6 Å². The minimum absolute atomic E-state index is 0.0430. The van der Waals surface area contributed by atoms with Crippen molar-refractivity contribution in [1.82, 2.24) is 26.6 Å². The number of hydrogen-bond donors (Lipinski definition) is 7. The summed E-state index contributed by atoms with van der Waals surface area (Å²) in [5.41, 5.74) is 1.92. The van der Waals surface area contributed by atoms with Gasteiger partial charge in [0.1, 0.15) is 30.8 Å². The zero-order chi connectivity index (χ0) is 37.9. The van der Waals surface area contributed by atoms with Crippen LogP contribution in [0.5, 0.6) is 0 Å². The Morgan fingerprint density at radius 1 is 0.538 bits per heavy atom. The zero-order valence-corrected chi connectivity index (χ0v) is 28.6. The van der Waals surface area contributed by atoms with E-state index in [1.807, 2.05) is 0 Å². The maximum absolute atomic E-state index is 13.7. The number of rotatable bonds is 20.